The highest BCUT2D eigenvalue weighted by Gasteiger charge is 2.29. The maximum absolute atomic E-state index is 12.8. The van der Waals surface area contributed by atoms with Crippen LogP contribution >= 0.6 is 0 Å². The quantitative estimate of drug-likeness (QED) is 0.523. The van der Waals surface area contributed by atoms with Gasteiger partial charge in [0.2, 0.25) is 0 Å². The minimum absolute atomic E-state index is 0.0960. The van der Waals surface area contributed by atoms with Crippen LogP contribution in [-0.2, 0) is 13.6 Å². The maximum Gasteiger partial charge on any atom is 0.254 e. The number of pyridine rings is 3. The van der Waals surface area contributed by atoms with Crippen molar-refractivity contribution in [2.24, 2.45) is 7.05 Å². The predicted molar refractivity (Wildman–Crippen MR) is 123 cm³/mol. The number of rotatable bonds is 4. The topological polar surface area (TPSA) is 88.0 Å². The summed E-state index contributed by atoms with van der Waals surface area (Å²) in [4.78, 5) is 29.1. The van der Waals surface area contributed by atoms with Gasteiger partial charge in [-0.25, -0.2) is 9.97 Å². The average molecular weight is 425 g/mol. The number of carbonyl (C=O) groups excluding carboxylic acids is 1. The van der Waals surface area contributed by atoms with E-state index in [1.54, 1.807) is 12.4 Å². The standard InChI is InChI=1S/C24H23N7O/c1-30-12-14(13-30)18-4-3-5-20(28-18)29-19-11-26-22(17-10-27-24(32)21(17)19)15-6-8-25-23-16(15)7-9-31(23)2/h3-9,11,14H,10,12-13H2,1-2H3,(H,27,32)(H,28,29). The fourth-order valence-corrected chi connectivity index (χ4v) is 4.71. The molecule has 160 valence electrons. The van der Waals surface area contributed by atoms with Gasteiger partial charge in [-0.2, -0.15) is 0 Å². The zero-order chi connectivity index (χ0) is 21.8. The molecule has 0 spiro atoms. The zero-order valence-electron chi connectivity index (χ0n) is 18.0. The monoisotopic (exact) mass is 425 g/mol. The van der Waals surface area contributed by atoms with Crippen molar-refractivity contribution in [2.45, 2.75) is 12.5 Å². The van der Waals surface area contributed by atoms with Crippen LogP contribution in [0, 0.1) is 0 Å². The van der Waals surface area contributed by atoms with Gasteiger partial charge in [0.05, 0.1) is 23.1 Å². The van der Waals surface area contributed by atoms with E-state index in [0.717, 1.165) is 52.5 Å². The molecule has 0 atom stereocenters. The highest BCUT2D eigenvalue weighted by Crippen LogP contribution is 2.36. The molecule has 4 aromatic heterocycles. The normalized spacial score (nSPS) is 16.1. The van der Waals surface area contributed by atoms with Crippen LogP contribution in [0.1, 0.15) is 27.5 Å². The zero-order valence-corrected chi connectivity index (χ0v) is 18.0. The Morgan fingerprint density at radius 2 is 2.00 bits per heavy atom. The van der Waals surface area contributed by atoms with E-state index in [2.05, 4.69) is 33.6 Å². The Kier molecular flexibility index (Phi) is 4.22. The molecule has 6 rings (SSSR count). The number of likely N-dealkylation sites (N-methyl/N-ethyl adjacent to an activating group) is 1. The van der Waals surface area contributed by atoms with E-state index in [4.69, 9.17) is 9.97 Å². The first-order valence-corrected chi connectivity index (χ1v) is 10.7. The maximum atomic E-state index is 12.8. The fourth-order valence-electron chi connectivity index (χ4n) is 4.71. The molecule has 0 aliphatic carbocycles. The van der Waals surface area contributed by atoms with Crippen LogP contribution in [0.5, 0.6) is 0 Å². The first-order valence-electron chi connectivity index (χ1n) is 10.7. The molecular formula is C24H23N7O. The fraction of sp³-hybridized carbons (Fsp3) is 0.250. The van der Waals surface area contributed by atoms with E-state index in [1.807, 2.05) is 42.1 Å². The van der Waals surface area contributed by atoms with Crippen LogP contribution in [0.25, 0.3) is 22.3 Å². The van der Waals surface area contributed by atoms with Crippen molar-refractivity contribution in [1.82, 2.24) is 29.7 Å². The first-order chi connectivity index (χ1) is 15.6. The third-order valence-electron chi connectivity index (χ3n) is 6.37. The third kappa shape index (κ3) is 2.95. The van der Waals surface area contributed by atoms with Crippen LogP contribution in [0.4, 0.5) is 11.5 Å². The summed E-state index contributed by atoms with van der Waals surface area (Å²) in [5, 5.41) is 7.32. The third-order valence-corrected chi connectivity index (χ3v) is 6.37. The number of fused-ring (bicyclic) bond motifs is 2. The van der Waals surface area contributed by atoms with Crippen LogP contribution < -0.4 is 10.6 Å². The number of carbonyl (C=O) groups is 1. The Morgan fingerprint density at radius 1 is 1.12 bits per heavy atom. The van der Waals surface area contributed by atoms with Crippen LogP contribution in [-0.4, -0.2) is 50.5 Å². The Balaban J connectivity index is 1.40. The lowest BCUT2D eigenvalue weighted by Crippen LogP contribution is -2.42. The summed E-state index contributed by atoms with van der Waals surface area (Å²) in [5.41, 5.74) is 5.94. The van der Waals surface area contributed by atoms with Crippen molar-refractivity contribution in [3.63, 3.8) is 0 Å². The number of aromatic nitrogens is 4. The predicted octanol–water partition coefficient (Wildman–Crippen LogP) is 3.05. The van der Waals surface area contributed by atoms with Gasteiger partial charge in [-0.3, -0.25) is 9.78 Å². The van der Waals surface area contributed by atoms with Gasteiger partial charge in [0.25, 0.3) is 5.91 Å². The molecule has 2 N–H and O–H groups in total. The summed E-state index contributed by atoms with van der Waals surface area (Å²) in [7, 11) is 4.08. The number of likely N-dealkylation sites (tertiary alicyclic amines) is 1. The van der Waals surface area contributed by atoms with E-state index >= 15 is 0 Å². The molecule has 1 fully saturated rings. The Bertz CT molecular complexity index is 1370. The van der Waals surface area contributed by atoms with Gasteiger partial charge in [0.1, 0.15) is 11.5 Å². The molecule has 0 unspecified atom stereocenters. The van der Waals surface area contributed by atoms with Crippen molar-refractivity contribution in [2.75, 3.05) is 25.5 Å². The van der Waals surface area contributed by atoms with Crippen LogP contribution in [0.2, 0.25) is 0 Å². The van der Waals surface area contributed by atoms with Crippen molar-refractivity contribution < 1.29 is 4.79 Å². The van der Waals surface area contributed by atoms with Gasteiger partial charge >= 0.3 is 0 Å². The lowest BCUT2D eigenvalue weighted by atomic mass is 9.97. The van der Waals surface area contributed by atoms with Crippen molar-refractivity contribution in [3.8, 4) is 11.3 Å². The number of anilines is 2. The van der Waals surface area contributed by atoms with Gasteiger partial charge in [-0.1, -0.05) is 6.07 Å². The lowest BCUT2D eigenvalue weighted by Gasteiger charge is -2.35. The number of nitrogens with zero attached hydrogens (tertiary/aromatic N) is 5. The highest BCUT2D eigenvalue weighted by molar-refractivity contribution is 6.06. The Hall–Kier alpha value is -3.78. The van der Waals surface area contributed by atoms with Gasteiger partial charge in [0.15, 0.2) is 0 Å². The Morgan fingerprint density at radius 3 is 2.84 bits per heavy atom. The molecule has 1 saturated heterocycles. The summed E-state index contributed by atoms with van der Waals surface area (Å²) in [6.45, 7) is 2.49. The molecule has 2 aliphatic heterocycles. The minimum atomic E-state index is -0.0960. The van der Waals surface area contributed by atoms with E-state index < -0.39 is 0 Å². The van der Waals surface area contributed by atoms with E-state index in [0.29, 0.717) is 23.7 Å². The SMILES string of the molecule is CN1CC(c2cccc(Nc3cnc(-c4ccnc5c4ccn5C)c4c3C(=O)NC4)n2)C1. The molecule has 2 aliphatic rings. The molecule has 6 heterocycles. The van der Waals surface area contributed by atoms with Crippen molar-refractivity contribution in [3.05, 3.63) is 65.7 Å². The summed E-state index contributed by atoms with van der Waals surface area (Å²) in [5.74, 6) is 1.08. The van der Waals surface area contributed by atoms with Gasteiger partial charge in [-0.15, -0.1) is 0 Å². The second-order valence-electron chi connectivity index (χ2n) is 8.57. The minimum Gasteiger partial charge on any atom is -0.348 e. The molecule has 32 heavy (non-hydrogen) atoms. The average Bonchev–Trinajstić information content (AvgIpc) is 3.36. The summed E-state index contributed by atoms with van der Waals surface area (Å²) < 4.78 is 1.98. The number of amides is 1. The molecular weight excluding hydrogens is 402 g/mol. The number of aryl methyl sites for hydroxylation is 1. The molecule has 0 radical (unpaired) electrons. The second-order valence-corrected chi connectivity index (χ2v) is 8.57. The molecule has 4 aromatic rings. The smallest absolute Gasteiger partial charge is 0.254 e. The molecule has 0 aromatic carbocycles. The number of hydrogen-bond donors (Lipinski definition) is 2. The summed E-state index contributed by atoms with van der Waals surface area (Å²) in [6.07, 6.45) is 5.51. The molecule has 8 nitrogen and oxygen atoms in total. The molecule has 1 amide bonds. The lowest BCUT2D eigenvalue weighted by molar-refractivity contribution is 0.0966. The van der Waals surface area contributed by atoms with E-state index in [9.17, 15) is 4.79 Å². The van der Waals surface area contributed by atoms with Crippen LogP contribution in [0.15, 0.2) is 48.9 Å². The number of hydrogen-bond acceptors (Lipinski definition) is 6. The highest BCUT2D eigenvalue weighted by atomic mass is 16.1. The van der Waals surface area contributed by atoms with Crippen molar-refractivity contribution >= 4 is 28.4 Å². The van der Waals surface area contributed by atoms with Gasteiger partial charge < -0.3 is 20.1 Å². The van der Waals surface area contributed by atoms with E-state index in [1.165, 1.54) is 0 Å². The van der Waals surface area contributed by atoms with E-state index in [-0.39, 0.29) is 5.91 Å². The van der Waals surface area contributed by atoms with Gasteiger partial charge in [-0.05, 0) is 31.3 Å². The molecule has 0 saturated carbocycles. The largest absolute Gasteiger partial charge is 0.348 e. The summed E-state index contributed by atoms with van der Waals surface area (Å²) in [6, 6.07) is 10.00. The van der Waals surface area contributed by atoms with Gasteiger partial charge in [0, 0.05) is 67.2 Å². The molecule has 0 bridgehead atoms. The van der Waals surface area contributed by atoms with Crippen molar-refractivity contribution in [1.29, 1.82) is 0 Å². The number of nitrogens with one attached hydrogen (secondary N) is 2. The Labute approximate surface area is 185 Å². The molecule has 8 heteroatoms. The summed E-state index contributed by atoms with van der Waals surface area (Å²) >= 11 is 0. The first kappa shape index (κ1) is 18.9. The van der Waals surface area contributed by atoms with Crippen LogP contribution in [0.3, 0.4) is 0 Å². The second kappa shape index (κ2) is 7.13.